The van der Waals surface area contributed by atoms with Crippen LogP contribution in [0.2, 0.25) is 0 Å². The Morgan fingerprint density at radius 2 is 1.83 bits per heavy atom. The van der Waals surface area contributed by atoms with E-state index in [2.05, 4.69) is 15.9 Å². The molecule has 24 heavy (non-hydrogen) atoms. The molecule has 0 spiro atoms. The lowest BCUT2D eigenvalue weighted by atomic mass is 10.1. The van der Waals surface area contributed by atoms with Crippen molar-refractivity contribution in [3.8, 4) is 0 Å². The predicted octanol–water partition coefficient (Wildman–Crippen LogP) is 5.23. The Kier molecular flexibility index (Phi) is 4.78. The van der Waals surface area contributed by atoms with E-state index in [0.29, 0.717) is 15.8 Å². The highest BCUT2D eigenvalue weighted by molar-refractivity contribution is 9.10. The van der Waals surface area contributed by atoms with E-state index in [0.717, 1.165) is 9.17 Å². The third-order valence-corrected chi connectivity index (χ3v) is 5.09. The molecule has 0 aliphatic heterocycles. The van der Waals surface area contributed by atoms with Crippen molar-refractivity contribution in [1.29, 1.82) is 0 Å². The van der Waals surface area contributed by atoms with Crippen LogP contribution in [0.1, 0.15) is 27.0 Å². The number of halogens is 2. The lowest BCUT2D eigenvalue weighted by Crippen LogP contribution is -2.24. The lowest BCUT2D eigenvalue weighted by Gasteiger charge is -2.11. The average Bonchev–Trinajstić information content (AvgIpc) is 2.98. The number of hydrogen-bond acceptors (Lipinski definition) is 4. The summed E-state index contributed by atoms with van der Waals surface area (Å²) < 4.78 is 20.1. The number of thiophene rings is 1. The van der Waals surface area contributed by atoms with Gasteiger partial charge in [0.2, 0.25) is 5.78 Å². The molecule has 3 rings (SSSR count). The molecular weight excluding hydrogens is 395 g/mol. The molecule has 1 heterocycles. The predicted molar refractivity (Wildman–Crippen MR) is 95.1 cm³/mol. The molecule has 3 nitrogen and oxygen atoms in total. The zero-order valence-electron chi connectivity index (χ0n) is 12.6. The van der Waals surface area contributed by atoms with E-state index in [1.807, 2.05) is 0 Å². The highest BCUT2D eigenvalue weighted by atomic mass is 79.9. The number of Topliss-reactive ketones (excluding diaryl/α,β-unsaturated/α-hetero) is 1. The van der Waals surface area contributed by atoms with E-state index in [-0.39, 0.29) is 11.6 Å². The summed E-state index contributed by atoms with van der Waals surface area (Å²) in [5.41, 5.74) is 0.469. The van der Waals surface area contributed by atoms with Crippen LogP contribution in [0.4, 0.5) is 4.39 Å². The minimum atomic E-state index is -0.902. The van der Waals surface area contributed by atoms with Gasteiger partial charge in [0.25, 0.3) is 0 Å². The Bertz CT molecular complexity index is 918. The van der Waals surface area contributed by atoms with E-state index < -0.39 is 12.1 Å². The molecule has 0 amide bonds. The molecule has 2 aromatic carbocycles. The van der Waals surface area contributed by atoms with Crippen molar-refractivity contribution in [2.45, 2.75) is 13.0 Å². The molecule has 0 saturated carbocycles. The van der Waals surface area contributed by atoms with Gasteiger partial charge in [-0.2, -0.15) is 0 Å². The zero-order valence-corrected chi connectivity index (χ0v) is 15.0. The Labute approximate surface area is 150 Å². The maximum Gasteiger partial charge on any atom is 0.349 e. The molecule has 0 saturated heterocycles. The fourth-order valence-corrected chi connectivity index (χ4v) is 3.43. The van der Waals surface area contributed by atoms with Gasteiger partial charge in [-0.1, -0.05) is 28.1 Å². The normalized spacial score (nSPS) is 12.1. The second-order valence-electron chi connectivity index (χ2n) is 5.21. The van der Waals surface area contributed by atoms with Crippen LogP contribution in [0.5, 0.6) is 0 Å². The molecule has 0 bridgehead atoms. The van der Waals surface area contributed by atoms with E-state index in [4.69, 9.17) is 4.74 Å². The number of fused-ring (bicyclic) bond motifs is 1. The summed E-state index contributed by atoms with van der Waals surface area (Å²) in [4.78, 5) is 24.9. The smallest absolute Gasteiger partial charge is 0.349 e. The van der Waals surface area contributed by atoms with Crippen molar-refractivity contribution in [3.05, 3.63) is 69.3 Å². The number of hydrogen-bond donors (Lipinski definition) is 0. The van der Waals surface area contributed by atoms with Crippen LogP contribution in [0.15, 0.2) is 53.0 Å². The van der Waals surface area contributed by atoms with Gasteiger partial charge in [0.1, 0.15) is 10.7 Å². The summed E-state index contributed by atoms with van der Waals surface area (Å²) in [7, 11) is 0. The molecule has 0 aliphatic carbocycles. The van der Waals surface area contributed by atoms with Crippen molar-refractivity contribution in [3.63, 3.8) is 0 Å². The van der Waals surface area contributed by atoms with Crippen LogP contribution >= 0.6 is 27.3 Å². The van der Waals surface area contributed by atoms with Gasteiger partial charge in [0, 0.05) is 14.7 Å². The second-order valence-corrected chi connectivity index (χ2v) is 7.21. The first-order valence-corrected chi connectivity index (χ1v) is 8.75. The fraction of sp³-hybridized carbons (Fsp3) is 0.111. The standard InChI is InChI=1S/C18H12BrFO3S/c1-10(17(21)11-2-4-13(19)5-3-11)23-18(22)16-9-12-8-14(20)6-7-15(12)24-16/h2-10H,1H3/t10-/m1/s1. The Hall–Kier alpha value is -2.05. The Morgan fingerprint density at radius 1 is 1.12 bits per heavy atom. The first-order chi connectivity index (χ1) is 11.4. The van der Waals surface area contributed by atoms with Crippen LogP contribution in [0.25, 0.3) is 10.1 Å². The molecule has 0 fully saturated rings. The monoisotopic (exact) mass is 406 g/mol. The van der Waals surface area contributed by atoms with E-state index in [9.17, 15) is 14.0 Å². The van der Waals surface area contributed by atoms with Crippen LogP contribution in [0, 0.1) is 5.82 Å². The Balaban J connectivity index is 1.75. The van der Waals surface area contributed by atoms with Crippen molar-refractivity contribution >= 4 is 49.1 Å². The highest BCUT2D eigenvalue weighted by Gasteiger charge is 2.21. The quantitative estimate of drug-likeness (QED) is 0.439. The molecule has 0 radical (unpaired) electrons. The average molecular weight is 407 g/mol. The summed E-state index contributed by atoms with van der Waals surface area (Å²) in [6.07, 6.45) is -0.902. The molecule has 1 atom stereocenters. The first-order valence-electron chi connectivity index (χ1n) is 7.14. The fourth-order valence-electron chi connectivity index (χ4n) is 2.24. The molecule has 1 aromatic heterocycles. The van der Waals surface area contributed by atoms with Gasteiger partial charge in [-0.3, -0.25) is 4.79 Å². The zero-order chi connectivity index (χ0) is 17.3. The van der Waals surface area contributed by atoms with Gasteiger partial charge >= 0.3 is 5.97 Å². The third kappa shape index (κ3) is 3.55. The van der Waals surface area contributed by atoms with Crippen LogP contribution in [-0.2, 0) is 4.74 Å². The van der Waals surface area contributed by atoms with Gasteiger partial charge in [-0.25, -0.2) is 9.18 Å². The van der Waals surface area contributed by atoms with Gasteiger partial charge in [0.05, 0.1) is 0 Å². The van der Waals surface area contributed by atoms with Gasteiger partial charge < -0.3 is 4.74 Å². The SMILES string of the molecule is C[C@@H](OC(=O)c1cc2cc(F)ccc2s1)C(=O)c1ccc(Br)cc1. The maximum absolute atomic E-state index is 13.2. The summed E-state index contributed by atoms with van der Waals surface area (Å²) in [6, 6.07) is 12.7. The minimum Gasteiger partial charge on any atom is -0.450 e. The number of carbonyl (C=O) groups is 2. The van der Waals surface area contributed by atoms with E-state index in [1.165, 1.54) is 30.4 Å². The largest absolute Gasteiger partial charge is 0.450 e. The summed E-state index contributed by atoms with van der Waals surface area (Å²) >= 11 is 4.51. The summed E-state index contributed by atoms with van der Waals surface area (Å²) in [5, 5.41) is 0.638. The van der Waals surface area contributed by atoms with Crippen LogP contribution < -0.4 is 0 Å². The molecule has 3 aromatic rings. The van der Waals surface area contributed by atoms with Crippen molar-refractivity contribution in [2.75, 3.05) is 0 Å². The first kappa shape index (κ1) is 16.8. The maximum atomic E-state index is 13.2. The van der Waals surface area contributed by atoms with Gasteiger partial charge in [0.15, 0.2) is 6.10 Å². The van der Waals surface area contributed by atoms with Gasteiger partial charge in [-0.15, -0.1) is 11.3 Å². The van der Waals surface area contributed by atoms with Crippen molar-refractivity contribution in [2.24, 2.45) is 0 Å². The molecule has 122 valence electrons. The van der Waals surface area contributed by atoms with Crippen molar-refractivity contribution in [1.82, 2.24) is 0 Å². The molecule has 0 N–H and O–H groups in total. The van der Waals surface area contributed by atoms with Crippen molar-refractivity contribution < 1.29 is 18.7 Å². The number of rotatable bonds is 4. The van der Waals surface area contributed by atoms with Crippen LogP contribution in [0.3, 0.4) is 0 Å². The number of ether oxygens (including phenoxy) is 1. The molecular formula is C18H12BrFO3S. The number of benzene rings is 2. The Morgan fingerprint density at radius 3 is 2.54 bits per heavy atom. The number of ketones is 1. The highest BCUT2D eigenvalue weighted by Crippen LogP contribution is 2.27. The molecule has 0 unspecified atom stereocenters. The van der Waals surface area contributed by atoms with E-state index in [1.54, 1.807) is 36.4 Å². The number of carbonyl (C=O) groups excluding carboxylic acids is 2. The summed E-state index contributed by atoms with van der Waals surface area (Å²) in [6.45, 7) is 1.54. The molecule has 0 aliphatic rings. The third-order valence-electron chi connectivity index (χ3n) is 3.46. The lowest BCUT2D eigenvalue weighted by molar-refractivity contribution is 0.0323. The summed E-state index contributed by atoms with van der Waals surface area (Å²) in [5.74, 6) is -1.23. The minimum absolute atomic E-state index is 0.275. The van der Waals surface area contributed by atoms with Gasteiger partial charge in [-0.05, 0) is 48.7 Å². The van der Waals surface area contributed by atoms with E-state index >= 15 is 0 Å². The topological polar surface area (TPSA) is 43.4 Å². The van der Waals surface area contributed by atoms with Crippen LogP contribution in [-0.4, -0.2) is 17.9 Å². The number of esters is 1. The second kappa shape index (κ2) is 6.83. The molecule has 6 heteroatoms.